The summed E-state index contributed by atoms with van der Waals surface area (Å²) in [7, 11) is 1.57. The lowest BCUT2D eigenvalue weighted by Gasteiger charge is -2.27. The molecule has 6 heteroatoms. The van der Waals surface area contributed by atoms with E-state index in [1.165, 1.54) is 4.90 Å². The molecule has 0 aliphatic rings. The third-order valence-corrected chi connectivity index (χ3v) is 3.53. The number of nitrogens with one attached hydrogen (secondary N) is 1. The van der Waals surface area contributed by atoms with Gasteiger partial charge in [-0.2, -0.15) is 0 Å². The summed E-state index contributed by atoms with van der Waals surface area (Å²) >= 11 is 5.98. The summed E-state index contributed by atoms with van der Waals surface area (Å²) in [5.74, 6) is -0.922. The van der Waals surface area contributed by atoms with Gasteiger partial charge >= 0.3 is 12.0 Å². The van der Waals surface area contributed by atoms with Gasteiger partial charge in [-0.1, -0.05) is 37.6 Å². The van der Waals surface area contributed by atoms with E-state index in [0.717, 1.165) is 5.56 Å². The molecule has 0 atom stereocenters. The monoisotopic (exact) mass is 312 g/mol. The molecule has 0 aromatic heterocycles. The van der Waals surface area contributed by atoms with Gasteiger partial charge in [0.1, 0.15) is 0 Å². The Morgan fingerprint density at radius 3 is 2.62 bits per heavy atom. The zero-order valence-corrected chi connectivity index (χ0v) is 13.3. The van der Waals surface area contributed by atoms with Crippen LogP contribution >= 0.6 is 11.6 Å². The number of carbonyl (C=O) groups excluding carboxylic acids is 1. The molecule has 0 fully saturated rings. The Balaban J connectivity index is 2.56. The minimum absolute atomic E-state index is 0.0679. The number of aliphatic carboxylic acids is 1. The van der Waals surface area contributed by atoms with Crippen molar-refractivity contribution in [3.05, 3.63) is 34.9 Å². The number of carboxylic acids is 1. The van der Waals surface area contributed by atoms with Gasteiger partial charge < -0.3 is 15.3 Å². The lowest BCUT2D eigenvalue weighted by molar-refractivity contribution is -0.137. The molecule has 0 saturated carbocycles. The first-order valence-corrected chi connectivity index (χ1v) is 7.07. The number of hydrogen-bond acceptors (Lipinski definition) is 2. The van der Waals surface area contributed by atoms with Gasteiger partial charge in [-0.05, 0) is 17.7 Å². The SMILES string of the molecule is CN(CCC(=O)O)C(=O)NCC(C)(C)c1cccc(Cl)c1. The number of rotatable bonds is 6. The molecule has 0 heterocycles. The highest BCUT2D eigenvalue weighted by molar-refractivity contribution is 6.30. The van der Waals surface area contributed by atoms with Crippen LogP contribution in [0.3, 0.4) is 0 Å². The number of urea groups is 1. The van der Waals surface area contributed by atoms with Crippen molar-refractivity contribution in [2.45, 2.75) is 25.7 Å². The molecule has 1 rings (SSSR count). The van der Waals surface area contributed by atoms with E-state index in [1.807, 2.05) is 32.0 Å². The quantitative estimate of drug-likeness (QED) is 0.848. The van der Waals surface area contributed by atoms with Crippen molar-refractivity contribution in [3.63, 3.8) is 0 Å². The second-order valence-corrected chi connectivity index (χ2v) is 6.05. The zero-order chi connectivity index (χ0) is 16.0. The van der Waals surface area contributed by atoms with Crippen LogP contribution in [0.4, 0.5) is 4.79 Å². The van der Waals surface area contributed by atoms with Crippen molar-refractivity contribution < 1.29 is 14.7 Å². The molecule has 2 N–H and O–H groups in total. The number of hydrogen-bond donors (Lipinski definition) is 2. The number of carboxylic acid groups (broad SMARTS) is 1. The molecule has 2 amide bonds. The molecule has 0 spiro atoms. The van der Waals surface area contributed by atoms with Crippen molar-refractivity contribution in [1.82, 2.24) is 10.2 Å². The van der Waals surface area contributed by atoms with E-state index in [-0.39, 0.29) is 24.4 Å². The summed E-state index contributed by atoms with van der Waals surface area (Å²) < 4.78 is 0. The van der Waals surface area contributed by atoms with Crippen LogP contribution in [0.5, 0.6) is 0 Å². The minimum Gasteiger partial charge on any atom is -0.481 e. The van der Waals surface area contributed by atoms with Gasteiger partial charge in [-0.15, -0.1) is 0 Å². The topological polar surface area (TPSA) is 69.6 Å². The van der Waals surface area contributed by atoms with Crippen molar-refractivity contribution in [1.29, 1.82) is 0 Å². The van der Waals surface area contributed by atoms with Crippen molar-refractivity contribution in [2.24, 2.45) is 0 Å². The normalized spacial score (nSPS) is 11.0. The predicted molar refractivity (Wildman–Crippen MR) is 82.8 cm³/mol. The van der Waals surface area contributed by atoms with Gasteiger partial charge in [0, 0.05) is 30.6 Å². The highest BCUT2D eigenvalue weighted by atomic mass is 35.5. The van der Waals surface area contributed by atoms with Crippen LogP contribution in [0.2, 0.25) is 5.02 Å². The molecule has 0 aliphatic carbocycles. The largest absolute Gasteiger partial charge is 0.481 e. The fraction of sp³-hybridized carbons (Fsp3) is 0.467. The smallest absolute Gasteiger partial charge is 0.317 e. The van der Waals surface area contributed by atoms with Gasteiger partial charge in [0.15, 0.2) is 0 Å². The Bertz CT molecular complexity index is 517. The van der Waals surface area contributed by atoms with E-state index in [9.17, 15) is 9.59 Å². The van der Waals surface area contributed by atoms with E-state index in [2.05, 4.69) is 5.32 Å². The van der Waals surface area contributed by atoms with Gasteiger partial charge in [0.05, 0.1) is 6.42 Å². The van der Waals surface area contributed by atoms with Crippen molar-refractivity contribution in [2.75, 3.05) is 20.1 Å². The number of benzene rings is 1. The summed E-state index contributed by atoms with van der Waals surface area (Å²) in [6.45, 7) is 4.63. The maximum Gasteiger partial charge on any atom is 0.317 e. The van der Waals surface area contributed by atoms with Crippen LogP contribution in [0.15, 0.2) is 24.3 Å². The Labute approximate surface area is 129 Å². The van der Waals surface area contributed by atoms with Crippen LogP contribution in [-0.2, 0) is 10.2 Å². The maximum absolute atomic E-state index is 11.9. The third-order valence-electron chi connectivity index (χ3n) is 3.30. The lowest BCUT2D eigenvalue weighted by atomic mass is 9.84. The van der Waals surface area contributed by atoms with Gasteiger partial charge in [-0.25, -0.2) is 4.79 Å². The number of nitrogens with zero attached hydrogens (tertiary/aromatic N) is 1. The first-order chi connectivity index (χ1) is 9.72. The van der Waals surface area contributed by atoms with Crippen LogP contribution in [-0.4, -0.2) is 42.1 Å². The number of amides is 2. The van der Waals surface area contributed by atoms with E-state index in [1.54, 1.807) is 13.1 Å². The predicted octanol–water partition coefficient (Wildman–Crippen LogP) is 2.73. The molecule has 116 valence electrons. The Morgan fingerprint density at radius 1 is 1.38 bits per heavy atom. The highest BCUT2D eigenvalue weighted by Gasteiger charge is 2.22. The van der Waals surface area contributed by atoms with Crippen LogP contribution < -0.4 is 5.32 Å². The average Bonchev–Trinajstić information content (AvgIpc) is 2.42. The Kier molecular flexibility index (Phi) is 6.03. The summed E-state index contributed by atoms with van der Waals surface area (Å²) in [4.78, 5) is 23.7. The molecule has 5 nitrogen and oxygen atoms in total. The summed E-state index contributed by atoms with van der Waals surface area (Å²) in [6.07, 6.45) is -0.0679. The highest BCUT2D eigenvalue weighted by Crippen LogP contribution is 2.24. The second-order valence-electron chi connectivity index (χ2n) is 5.62. The van der Waals surface area contributed by atoms with E-state index >= 15 is 0 Å². The molecule has 0 aliphatic heterocycles. The first kappa shape index (κ1) is 17.3. The molecule has 0 unspecified atom stereocenters. The zero-order valence-electron chi connectivity index (χ0n) is 12.5. The van der Waals surface area contributed by atoms with Crippen LogP contribution in [0.1, 0.15) is 25.8 Å². The molecular formula is C15H21ClN2O3. The van der Waals surface area contributed by atoms with Crippen molar-refractivity contribution in [3.8, 4) is 0 Å². The average molecular weight is 313 g/mol. The van der Waals surface area contributed by atoms with Crippen LogP contribution in [0.25, 0.3) is 0 Å². The fourth-order valence-corrected chi connectivity index (χ4v) is 2.00. The molecule has 0 saturated heterocycles. The number of halogens is 1. The van der Waals surface area contributed by atoms with Gasteiger partial charge in [-0.3, -0.25) is 4.79 Å². The van der Waals surface area contributed by atoms with Gasteiger partial charge in [0.2, 0.25) is 0 Å². The molecule has 21 heavy (non-hydrogen) atoms. The summed E-state index contributed by atoms with van der Waals surface area (Å²) in [6, 6.07) is 7.24. The minimum atomic E-state index is -0.922. The molecular weight excluding hydrogens is 292 g/mol. The summed E-state index contributed by atoms with van der Waals surface area (Å²) in [5.41, 5.74) is 0.761. The van der Waals surface area contributed by atoms with E-state index in [4.69, 9.17) is 16.7 Å². The number of carbonyl (C=O) groups is 2. The molecule has 1 aromatic rings. The maximum atomic E-state index is 11.9. The Hall–Kier alpha value is -1.75. The fourth-order valence-electron chi connectivity index (χ4n) is 1.81. The van der Waals surface area contributed by atoms with E-state index < -0.39 is 5.97 Å². The van der Waals surface area contributed by atoms with E-state index in [0.29, 0.717) is 11.6 Å². The lowest BCUT2D eigenvalue weighted by Crippen LogP contribution is -2.43. The van der Waals surface area contributed by atoms with Crippen LogP contribution in [0, 0.1) is 0 Å². The Morgan fingerprint density at radius 2 is 2.05 bits per heavy atom. The standard InChI is InChI=1S/C15H21ClN2O3/c1-15(2,11-5-4-6-12(16)9-11)10-17-14(21)18(3)8-7-13(19)20/h4-6,9H,7-8,10H2,1-3H3,(H,17,21)(H,19,20). The molecule has 0 bridgehead atoms. The third kappa shape index (κ3) is 5.63. The summed E-state index contributed by atoms with van der Waals surface area (Å²) in [5, 5.41) is 12.1. The van der Waals surface area contributed by atoms with Crippen molar-refractivity contribution >= 4 is 23.6 Å². The molecule has 1 aromatic carbocycles. The first-order valence-electron chi connectivity index (χ1n) is 6.69. The van der Waals surface area contributed by atoms with Gasteiger partial charge in [0.25, 0.3) is 0 Å². The molecule has 0 radical (unpaired) electrons. The second kappa shape index (κ2) is 7.31.